The van der Waals surface area contributed by atoms with E-state index in [4.69, 9.17) is 4.74 Å². The molecule has 1 aliphatic rings. The average molecular weight is 170 g/mol. The standard InChI is InChI=1S/C10H18O2/c1-7(2)6-9(11)10-5-4-8(3)12-10/h7-8,10H,4-6H2,1-3H3. The van der Waals surface area contributed by atoms with E-state index < -0.39 is 0 Å². The topological polar surface area (TPSA) is 26.3 Å². The molecule has 1 rings (SSSR count). The molecule has 2 atom stereocenters. The van der Waals surface area contributed by atoms with E-state index in [1.807, 2.05) is 6.92 Å². The van der Waals surface area contributed by atoms with Gasteiger partial charge in [-0.25, -0.2) is 0 Å². The van der Waals surface area contributed by atoms with Gasteiger partial charge in [-0.3, -0.25) is 4.79 Å². The van der Waals surface area contributed by atoms with Gasteiger partial charge in [-0.05, 0) is 25.7 Å². The maximum Gasteiger partial charge on any atom is 0.161 e. The van der Waals surface area contributed by atoms with Crippen molar-refractivity contribution in [3.05, 3.63) is 0 Å². The van der Waals surface area contributed by atoms with Crippen LogP contribution in [0.4, 0.5) is 0 Å². The summed E-state index contributed by atoms with van der Waals surface area (Å²) in [6, 6.07) is 0. The van der Waals surface area contributed by atoms with Crippen LogP contribution in [-0.2, 0) is 9.53 Å². The predicted molar refractivity (Wildman–Crippen MR) is 48.0 cm³/mol. The average Bonchev–Trinajstić information content (AvgIpc) is 2.34. The molecule has 0 bridgehead atoms. The van der Waals surface area contributed by atoms with Crippen LogP contribution in [0.3, 0.4) is 0 Å². The van der Waals surface area contributed by atoms with Crippen molar-refractivity contribution in [2.75, 3.05) is 0 Å². The number of hydrogen-bond donors (Lipinski definition) is 0. The van der Waals surface area contributed by atoms with Gasteiger partial charge in [0.2, 0.25) is 0 Å². The molecule has 0 saturated carbocycles. The van der Waals surface area contributed by atoms with E-state index in [2.05, 4.69) is 13.8 Å². The Hall–Kier alpha value is -0.370. The van der Waals surface area contributed by atoms with Crippen LogP contribution in [0.2, 0.25) is 0 Å². The first-order valence-electron chi connectivity index (χ1n) is 4.77. The summed E-state index contributed by atoms with van der Waals surface area (Å²) in [5.41, 5.74) is 0. The van der Waals surface area contributed by atoms with Crippen molar-refractivity contribution < 1.29 is 9.53 Å². The van der Waals surface area contributed by atoms with Crippen LogP contribution in [0.25, 0.3) is 0 Å². The molecule has 0 aliphatic carbocycles. The smallest absolute Gasteiger partial charge is 0.161 e. The molecule has 0 aromatic rings. The monoisotopic (exact) mass is 170 g/mol. The van der Waals surface area contributed by atoms with E-state index in [1.54, 1.807) is 0 Å². The van der Waals surface area contributed by atoms with Gasteiger partial charge in [-0.15, -0.1) is 0 Å². The maximum atomic E-state index is 11.5. The highest BCUT2D eigenvalue weighted by molar-refractivity contribution is 5.83. The summed E-state index contributed by atoms with van der Waals surface area (Å²) in [6.45, 7) is 6.16. The van der Waals surface area contributed by atoms with Gasteiger partial charge in [0.25, 0.3) is 0 Å². The lowest BCUT2D eigenvalue weighted by Gasteiger charge is -2.10. The molecule has 1 fully saturated rings. The highest BCUT2D eigenvalue weighted by Crippen LogP contribution is 2.21. The summed E-state index contributed by atoms with van der Waals surface area (Å²) in [6.07, 6.45) is 2.81. The Kier molecular flexibility index (Phi) is 3.27. The molecule has 1 aliphatic heterocycles. The lowest BCUT2D eigenvalue weighted by atomic mass is 10.0. The number of carbonyl (C=O) groups excluding carboxylic acids is 1. The van der Waals surface area contributed by atoms with E-state index in [1.165, 1.54) is 0 Å². The fourth-order valence-corrected chi connectivity index (χ4v) is 1.57. The molecule has 0 aromatic carbocycles. The molecule has 0 amide bonds. The zero-order valence-corrected chi connectivity index (χ0v) is 8.17. The number of carbonyl (C=O) groups is 1. The van der Waals surface area contributed by atoms with Crippen LogP contribution >= 0.6 is 0 Å². The van der Waals surface area contributed by atoms with E-state index in [-0.39, 0.29) is 18.0 Å². The van der Waals surface area contributed by atoms with Gasteiger partial charge < -0.3 is 4.74 Å². The normalized spacial score (nSPS) is 29.7. The van der Waals surface area contributed by atoms with Crippen LogP contribution in [0.15, 0.2) is 0 Å². The molecule has 0 aromatic heterocycles. The Morgan fingerprint density at radius 3 is 2.58 bits per heavy atom. The molecule has 70 valence electrons. The van der Waals surface area contributed by atoms with Crippen molar-refractivity contribution in [1.82, 2.24) is 0 Å². The van der Waals surface area contributed by atoms with E-state index >= 15 is 0 Å². The first-order chi connectivity index (χ1) is 5.59. The highest BCUT2D eigenvalue weighted by atomic mass is 16.5. The minimum Gasteiger partial charge on any atom is -0.368 e. The maximum absolute atomic E-state index is 11.5. The summed E-state index contributed by atoms with van der Waals surface area (Å²) >= 11 is 0. The van der Waals surface area contributed by atoms with E-state index in [0.717, 1.165) is 12.8 Å². The Balaban J connectivity index is 2.33. The van der Waals surface area contributed by atoms with Crippen molar-refractivity contribution >= 4 is 5.78 Å². The van der Waals surface area contributed by atoms with Crippen LogP contribution in [0.1, 0.15) is 40.0 Å². The fraction of sp³-hybridized carbons (Fsp3) is 0.900. The van der Waals surface area contributed by atoms with E-state index in [0.29, 0.717) is 12.3 Å². The molecule has 0 radical (unpaired) electrons. The first kappa shape index (κ1) is 9.72. The number of rotatable bonds is 3. The largest absolute Gasteiger partial charge is 0.368 e. The second-order valence-electron chi connectivity index (χ2n) is 4.08. The van der Waals surface area contributed by atoms with Crippen LogP contribution < -0.4 is 0 Å². The molecule has 1 saturated heterocycles. The molecule has 2 nitrogen and oxygen atoms in total. The van der Waals surface area contributed by atoms with Crippen LogP contribution in [0.5, 0.6) is 0 Å². The number of ketones is 1. The zero-order chi connectivity index (χ0) is 9.14. The lowest BCUT2D eigenvalue weighted by Crippen LogP contribution is -2.21. The third-order valence-corrected chi connectivity index (χ3v) is 2.20. The SMILES string of the molecule is CC(C)CC(=O)C1CCC(C)O1. The van der Waals surface area contributed by atoms with Gasteiger partial charge in [0.15, 0.2) is 5.78 Å². The van der Waals surface area contributed by atoms with Crippen molar-refractivity contribution in [3.63, 3.8) is 0 Å². The molecule has 0 N–H and O–H groups in total. The van der Waals surface area contributed by atoms with Gasteiger partial charge in [-0.2, -0.15) is 0 Å². The summed E-state index contributed by atoms with van der Waals surface area (Å²) in [7, 11) is 0. The molecule has 0 spiro atoms. The lowest BCUT2D eigenvalue weighted by molar-refractivity contribution is -0.130. The third kappa shape index (κ3) is 2.59. The van der Waals surface area contributed by atoms with Crippen LogP contribution in [-0.4, -0.2) is 18.0 Å². The second-order valence-corrected chi connectivity index (χ2v) is 4.08. The molecular weight excluding hydrogens is 152 g/mol. The summed E-state index contributed by atoms with van der Waals surface area (Å²) in [5, 5.41) is 0. The number of ether oxygens (including phenoxy) is 1. The molecule has 1 heterocycles. The van der Waals surface area contributed by atoms with Crippen molar-refractivity contribution in [2.24, 2.45) is 5.92 Å². The number of Topliss-reactive ketones (excluding diaryl/α,β-unsaturated/α-hetero) is 1. The first-order valence-corrected chi connectivity index (χ1v) is 4.77. The quantitative estimate of drug-likeness (QED) is 0.649. The summed E-state index contributed by atoms with van der Waals surface area (Å²) < 4.78 is 5.47. The fourth-order valence-electron chi connectivity index (χ4n) is 1.57. The van der Waals surface area contributed by atoms with Crippen molar-refractivity contribution in [2.45, 2.75) is 52.2 Å². The third-order valence-electron chi connectivity index (χ3n) is 2.20. The Labute approximate surface area is 74.3 Å². The number of hydrogen-bond acceptors (Lipinski definition) is 2. The minimum absolute atomic E-state index is 0.0950. The Morgan fingerprint density at radius 2 is 2.17 bits per heavy atom. The Bertz CT molecular complexity index is 163. The predicted octanol–water partition coefficient (Wildman–Crippen LogP) is 2.17. The Morgan fingerprint density at radius 1 is 1.50 bits per heavy atom. The highest BCUT2D eigenvalue weighted by Gasteiger charge is 2.27. The van der Waals surface area contributed by atoms with Crippen molar-refractivity contribution in [1.29, 1.82) is 0 Å². The molecule has 2 unspecified atom stereocenters. The zero-order valence-electron chi connectivity index (χ0n) is 8.17. The van der Waals surface area contributed by atoms with Gasteiger partial charge >= 0.3 is 0 Å². The molecular formula is C10H18O2. The summed E-state index contributed by atoms with van der Waals surface area (Å²) in [5.74, 6) is 0.742. The molecule has 2 heteroatoms. The van der Waals surface area contributed by atoms with Crippen LogP contribution in [0, 0.1) is 5.92 Å². The van der Waals surface area contributed by atoms with Gasteiger partial charge in [0, 0.05) is 6.42 Å². The summed E-state index contributed by atoms with van der Waals surface area (Å²) in [4.78, 5) is 11.5. The van der Waals surface area contributed by atoms with Crippen molar-refractivity contribution in [3.8, 4) is 0 Å². The molecule has 12 heavy (non-hydrogen) atoms. The second kappa shape index (κ2) is 4.04. The van der Waals surface area contributed by atoms with Gasteiger partial charge in [-0.1, -0.05) is 13.8 Å². The minimum atomic E-state index is -0.0950. The van der Waals surface area contributed by atoms with E-state index in [9.17, 15) is 4.79 Å². The van der Waals surface area contributed by atoms with Gasteiger partial charge in [0.1, 0.15) is 6.10 Å². The van der Waals surface area contributed by atoms with Gasteiger partial charge in [0.05, 0.1) is 6.10 Å².